The number of carbonyl (C=O) groups is 2. The van der Waals surface area contributed by atoms with Crippen molar-refractivity contribution in [3.05, 3.63) is 29.8 Å². The van der Waals surface area contributed by atoms with Gasteiger partial charge in [0.2, 0.25) is 11.8 Å². The first kappa shape index (κ1) is 17.3. The Morgan fingerprint density at radius 2 is 1.87 bits per heavy atom. The molecule has 0 aliphatic carbocycles. The number of nitrogens with one attached hydrogen (secondary N) is 1. The lowest BCUT2D eigenvalue weighted by Crippen LogP contribution is -2.42. The van der Waals surface area contributed by atoms with Crippen LogP contribution in [0, 0.1) is 5.92 Å². The van der Waals surface area contributed by atoms with Crippen LogP contribution in [0.15, 0.2) is 24.3 Å². The topological polar surface area (TPSA) is 58.6 Å². The number of hydrogen-bond donors (Lipinski definition) is 1. The number of piperidine rings is 1. The van der Waals surface area contributed by atoms with E-state index >= 15 is 0 Å². The fourth-order valence-corrected chi connectivity index (χ4v) is 2.85. The minimum absolute atomic E-state index is 0.0333. The quantitative estimate of drug-likeness (QED) is 0.873. The monoisotopic (exact) mass is 318 g/mol. The van der Waals surface area contributed by atoms with Gasteiger partial charge in [-0.15, -0.1) is 0 Å². The highest BCUT2D eigenvalue weighted by atomic mass is 16.5. The molecule has 2 amide bonds. The van der Waals surface area contributed by atoms with Gasteiger partial charge in [0.15, 0.2) is 0 Å². The molecule has 0 unspecified atom stereocenters. The van der Waals surface area contributed by atoms with Gasteiger partial charge in [-0.05, 0) is 43.9 Å². The standard InChI is InChI=1S/C18H26N2O3/c1-3-23-17-6-4-15(5-7-17)8-11-19-18(22)16-9-12-20(13-10-16)14(2)21/h4-7,16H,3,8-13H2,1-2H3,(H,19,22). The van der Waals surface area contributed by atoms with E-state index in [-0.39, 0.29) is 17.7 Å². The predicted molar refractivity (Wildman–Crippen MR) is 89.3 cm³/mol. The number of likely N-dealkylation sites (tertiary alicyclic amines) is 1. The van der Waals surface area contributed by atoms with Crippen molar-refractivity contribution in [1.29, 1.82) is 0 Å². The smallest absolute Gasteiger partial charge is 0.223 e. The zero-order chi connectivity index (χ0) is 16.7. The molecule has 0 bridgehead atoms. The fraction of sp³-hybridized carbons (Fsp3) is 0.556. The SMILES string of the molecule is CCOc1ccc(CCNC(=O)C2CCN(C(C)=O)CC2)cc1. The molecule has 1 saturated heterocycles. The van der Waals surface area contributed by atoms with E-state index in [9.17, 15) is 9.59 Å². The third kappa shape index (κ3) is 5.27. The maximum atomic E-state index is 12.2. The Hall–Kier alpha value is -2.04. The molecule has 0 aromatic heterocycles. The minimum Gasteiger partial charge on any atom is -0.494 e. The maximum Gasteiger partial charge on any atom is 0.223 e. The van der Waals surface area contributed by atoms with Crippen LogP contribution in [0.3, 0.4) is 0 Å². The number of carbonyl (C=O) groups excluding carboxylic acids is 2. The molecule has 0 spiro atoms. The predicted octanol–water partition coefficient (Wildman–Crippen LogP) is 2.00. The number of hydrogen-bond acceptors (Lipinski definition) is 3. The van der Waals surface area contributed by atoms with Gasteiger partial charge in [0.05, 0.1) is 6.61 Å². The van der Waals surface area contributed by atoms with Crippen molar-refractivity contribution < 1.29 is 14.3 Å². The lowest BCUT2D eigenvalue weighted by atomic mass is 9.96. The van der Waals surface area contributed by atoms with Gasteiger partial charge < -0.3 is 15.0 Å². The molecule has 23 heavy (non-hydrogen) atoms. The van der Waals surface area contributed by atoms with E-state index in [1.54, 1.807) is 6.92 Å². The van der Waals surface area contributed by atoms with Gasteiger partial charge >= 0.3 is 0 Å². The largest absolute Gasteiger partial charge is 0.494 e. The summed E-state index contributed by atoms with van der Waals surface area (Å²) in [4.78, 5) is 25.3. The van der Waals surface area contributed by atoms with Crippen LogP contribution in [0.4, 0.5) is 0 Å². The summed E-state index contributed by atoms with van der Waals surface area (Å²) in [7, 11) is 0. The van der Waals surface area contributed by atoms with E-state index in [4.69, 9.17) is 4.74 Å². The third-order valence-corrected chi connectivity index (χ3v) is 4.26. The van der Waals surface area contributed by atoms with Crippen LogP contribution in [-0.2, 0) is 16.0 Å². The van der Waals surface area contributed by atoms with Gasteiger partial charge in [-0.2, -0.15) is 0 Å². The molecule has 5 nitrogen and oxygen atoms in total. The van der Waals surface area contributed by atoms with Gasteiger partial charge in [0.25, 0.3) is 0 Å². The molecular formula is C18H26N2O3. The van der Waals surface area contributed by atoms with Gasteiger partial charge in [-0.25, -0.2) is 0 Å². The molecular weight excluding hydrogens is 292 g/mol. The van der Waals surface area contributed by atoms with Crippen LogP contribution in [0.2, 0.25) is 0 Å². The zero-order valence-corrected chi connectivity index (χ0v) is 14.0. The molecule has 126 valence electrons. The summed E-state index contributed by atoms with van der Waals surface area (Å²) in [5.74, 6) is 1.11. The molecule has 1 aliphatic heterocycles. The Labute approximate surface area is 138 Å². The van der Waals surface area contributed by atoms with Crippen LogP contribution in [0.5, 0.6) is 5.75 Å². The van der Waals surface area contributed by atoms with Crippen LogP contribution in [0.25, 0.3) is 0 Å². The zero-order valence-electron chi connectivity index (χ0n) is 14.0. The van der Waals surface area contributed by atoms with Crippen molar-refractivity contribution in [2.45, 2.75) is 33.1 Å². The number of benzene rings is 1. The van der Waals surface area contributed by atoms with Gasteiger partial charge in [0, 0.05) is 32.5 Å². The summed E-state index contributed by atoms with van der Waals surface area (Å²) < 4.78 is 5.41. The summed E-state index contributed by atoms with van der Waals surface area (Å²) in [6.45, 7) is 6.22. The lowest BCUT2D eigenvalue weighted by Gasteiger charge is -2.30. The second kappa shape index (κ2) is 8.56. The van der Waals surface area contributed by atoms with Crippen molar-refractivity contribution in [2.75, 3.05) is 26.2 Å². The first-order chi connectivity index (χ1) is 11.1. The molecule has 1 aromatic rings. The van der Waals surface area contributed by atoms with Crippen molar-refractivity contribution in [1.82, 2.24) is 10.2 Å². The van der Waals surface area contributed by atoms with Gasteiger partial charge in [-0.3, -0.25) is 9.59 Å². The molecule has 0 atom stereocenters. The number of ether oxygens (including phenoxy) is 1. The summed E-state index contributed by atoms with van der Waals surface area (Å²) in [5.41, 5.74) is 1.18. The maximum absolute atomic E-state index is 12.2. The molecule has 1 heterocycles. The van der Waals surface area contributed by atoms with E-state index in [2.05, 4.69) is 5.32 Å². The van der Waals surface area contributed by atoms with E-state index < -0.39 is 0 Å². The lowest BCUT2D eigenvalue weighted by molar-refractivity contribution is -0.133. The normalized spacial score (nSPS) is 15.3. The van der Waals surface area contributed by atoms with Crippen molar-refractivity contribution in [3.8, 4) is 5.75 Å². The molecule has 1 aliphatic rings. The minimum atomic E-state index is 0.0333. The summed E-state index contributed by atoms with van der Waals surface area (Å²) in [5, 5.41) is 3.01. The Kier molecular flexibility index (Phi) is 6.44. The third-order valence-electron chi connectivity index (χ3n) is 4.26. The van der Waals surface area contributed by atoms with Crippen LogP contribution >= 0.6 is 0 Å². The second-order valence-electron chi connectivity index (χ2n) is 5.90. The summed E-state index contributed by atoms with van der Waals surface area (Å²) in [6, 6.07) is 7.97. The Bertz CT molecular complexity index is 520. The number of nitrogens with zero attached hydrogens (tertiary/aromatic N) is 1. The highest BCUT2D eigenvalue weighted by Gasteiger charge is 2.25. The van der Waals surface area contributed by atoms with Crippen molar-refractivity contribution >= 4 is 11.8 Å². The molecule has 0 radical (unpaired) electrons. The summed E-state index contributed by atoms with van der Waals surface area (Å²) in [6.07, 6.45) is 2.33. The number of rotatable bonds is 6. The Morgan fingerprint density at radius 3 is 2.43 bits per heavy atom. The molecule has 0 saturated carbocycles. The average molecular weight is 318 g/mol. The van der Waals surface area contributed by atoms with Crippen LogP contribution in [0.1, 0.15) is 32.3 Å². The van der Waals surface area contributed by atoms with Crippen molar-refractivity contribution in [3.63, 3.8) is 0 Å². The Balaban J connectivity index is 1.69. The average Bonchev–Trinajstić information content (AvgIpc) is 2.56. The molecule has 1 N–H and O–H groups in total. The first-order valence-electron chi connectivity index (χ1n) is 8.35. The van der Waals surface area contributed by atoms with E-state index in [1.165, 1.54) is 5.56 Å². The first-order valence-corrected chi connectivity index (χ1v) is 8.35. The van der Waals surface area contributed by atoms with E-state index in [1.807, 2.05) is 36.1 Å². The van der Waals surface area contributed by atoms with Gasteiger partial charge in [-0.1, -0.05) is 12.1 Å². The van der Waals surface area contributed by atoms with Crippen LogP contribution in [-0.4, -0.2) is 43.0 Å². The van der Waals surface area contributed by atoms with Gasteiger partial charge in [0.1, 0.15) is 5.75 Å². The van der Waals surface area contributed by atoms with Crippen LogP contribution < -0.4 is 10.1 Å². The molecule has 1 fully saturated rings. The molecule has 2 rings (SSSR count). The molecule has 5 heteroatoms. The number of amides is 2. The highest BCUT2D eigenvalue weighted by Crippen LogP contribution is 2.17. The van der Waals surface area contributed by atoms with E-state index in [0.717, 1.165) is 25.0 Å². The molecule has 1 aromatic carbocycles. The van der Waals surface area contributed by atoms with Crippen molar-refractivity contribution in [2.24, 2.45) is 5.92 Å². The fourth-order valence-electron chi connectivity index (χ4n) is 2.85. The summed E-state index contributed by atoms with van der Waals surface area (Å²) >= 11 is 0. The highest BCUT2D eigenvalue weighted by molar-refractivity contribution is 5.79. The Morgan fingerprint density at radius 1 is 1.22 bits per heavy atom. The van der Waals surface area contributed by atoms with E-state index in [0.29, 0.717) is 26.2 Å². The second-order valence-corrected chi connectivity index (χ2v) is 5.90.